The third-order valence-electron chi connectivity index (χ3n) is 7.23. The van der Waals surface area contributed by atoms with Crippen LogP contribution < -0.4 is 0 Å². The molecule has 2 aromatic rings. The molecule has 0 saturated carbocycles. The van der Waals surface area contributed by atoms with Gasteiger partial charge in [0.05, 0.1) is 11.2 Å². The molecule has 2 aliphatic heterocycles. The molecule has 3 heterocycles. The van der Waals surface area contributed by atoms with Gasteiger partial charge in [0.15, 0.2) is 5.76 Å². The van der Waals surface area contributed by atoms with E-state index in [4.69, 9.17) is 4.42 Å². The fourth-order valence-electron chi connectivity index (χ4n) is 5.03. The predicted octanol–water partition coefficient (Wildman–Crippen LogP) is 3.04. The summed E-state index contributed by atoms with van der Waals surface area (Å²) in [7, 11) is -3.68. The van der Waals surface area contributed by atoms with Gasteiger partial charge in [-0.05, 0) is 81.3 Å². The summed E-state index contributed by atoms with van der Waals surface area (Å²) in [5.74, 6) is -0.157. The van der Waals surface area contributed by atoms with E-state index in [0.29, 0.717) is 31.0 Å². The number of aryl methyl sites for hydroxylation is 2. The molecule has 1 aromatic heterocycles. The van der Waals surface area contributed by atoms with Crippen LogP contribution >= 0.6 is 0 Å². The first-order valence-corrected chi connectivity index (χ1v) is 13.3. The van der Waals surface area contributed by atoms with Gasteiger partial charge in [0.1, 0.15) is 6.04 Å². The summed E-state index contributed by atoms with van der Waals surface area (Å²) in [5, 5.41) is 0. The van der Waals surface area contributed by atoms with Crippen LogP contribution in [0.3, 0.4) is 0 Å². The lowest BCUT2D eigenvalue weighted by molar-refractivity contribution is -0.138. The highest BCUT2D eigenvalue weighted by Gasteiger charge is 2.39. The van der Waals surface area contributed by atoms with Crippen molar-refractivity contribution in [1.29, 1.82) is 0 Å². The van der Waals surface area contributed by atoms with Crippen molar-refractivity contribution in [2.75, 3.05) is 32.7 Å². The van der Waals surface area contributed by atoms with Crippen LogP contribution in [0.5, 0.6) is 0 Å². The zero-order valence-corrected chi connectivity index (χ0v) is 21.2. The molecule has 1 atom stereocenters. The van der Waals surface area contributed by atoms with Gasteiger partial charge in [-0.2, -0.15) is 4.31 Å². The van der Waals surface area contributed by atoms with Gasteiger partial charge in [-0.25, -0.2) is 8.42 Å². The Morgan fingerprint density at radius 1 is 0.941 bits per heavy atom. The minimum atomic E-state index is -3.68. The van der Waals surface area contributed by atoms with Crippen LogP contribution in [0.2, 0.25) is 0 Å². The molecule has 2 saturated heterocycles. The lowest BCUT2D eigenvalue weighted by atomic mass is 10.00. The summed E-state index contributed by atoms with van der Waals surface area (Å²) in [5.41, 5.74) is 3.45. The average Bonchev–Trinajstić information content (AvgIpc) is 3.37. The second-order valence-corrected chi connectivity index (χ2v) is 11.2. The monoisotopic (exact) mass is 487 g/mol. The first kappa shape index (κ1) is 24.5. The zero-order valence-electron chi connectivity index (χ0n) is 20.3. The minimum Gasteiger partial charge on any atom is -0.459 e. The quantitative estimate of drug-likeness (QED) is 0.661. The number of likely N-dealkylation sites (tertiary alicyclic amines) is 1. The molecule has 1 unspecified atom stereocenters. The van der Waals surface area contributed by atoms with Crippen LogP contribution in [0.1, 0.15) is 52.1 Å². The van der Waals surface area contributed by atoms with E-state index in [1.54, 1.807) is 21.9 Å². The number of nitrogens with zero attached hydrogens (tertiary/aromatic N) is 3. The number of rotatable bonds is 4. The van der Waals surface area contributed by atoms with Crippen molar-refractivity contribution in [2.45, 2.75) is 57.9 Å². The summed E-state index contributed by atoms with van der Waals surface area (Å²) in [6.07, 6.45) is 3.77. The smallest absolute Gasteiger partial charge is 0.290 e. The van der Waals surface area contributed by atoms with Gasteiger partial charge < -0.3 is 14.2 Å². The van der Waals surface area contributed by atoms with Crippen molar-refractivity contribution in [2.24, 2.45) is 0 Å². The minimum absolute atomic E-state index is 0.115. The van der Waals surface area contributed by atoms with Crippen LogP contribution in [-0.4, -0.2) is 73.1 Å². The maximum Gasteiger partial charge on any atom is 0.290 e. The van der Waals surface area contributed by atoms with Crippen LogP contribution in [0, 0.1) is 27.7 Å². The van der Waals surface area contributed by atoms with Crippen LogP contribution in [0.25, 0.3) is 0 Å². The van der Waals surface area contributed by atoms with E-state index in [-0.39, 0.29) is 30.7 Å². The van der Waals surface area contributed by atoms with Gasteiger partial charge in [-0.1, -0.05) is 6.07 Å². The number of carbonyl (C=O) groups is 2. The van der Waals surface area contributed by atoms with E-state index in [9.17, 15) is 18.0 Å². The topological polar surface area (TPSA) is 91.1 Å². The van der Waals surface area contributed by atoms with Gasteiger partial charge >= 0.3 is 0 Å². The SMILES string of the molecule is Cc1cc(C)c(C)c(S(=O)(=O)N2CCN(C(=O)C3CCCCN3C(=O)c3ccco3)CC2)c1C. The van der Waals surface area contributed by atoms with Crippen molar-refractivity contribution >= 4 is 21.8 Å². The molecule has 9 heteroatoms. The summed E-state index contributed by atoms with van der Waals surface area (Å²) >= 11 is 0. The number of carbonyl (C=O) groups excluding carboxylic acids is 2. The van der Waals surface area contributed by atoms with Crippen molar-refractivity contribution in [1.82, 2.24) is 14.1 Å². The number of amides is 2. The molecule has 34 heavy (non-hydrogen) atoms. The molecule has 0 spiro atoms. The highest BCUT2D eigenvalue weighted by atomic mass is 32.2. The number of piperazine rings is 1. The van der Waals surface area contributed by atoms with E-state index >= 15 is 0 Å². The maximum atomic E-state index is 13.5. The first-order valence-electron chi connectivity index (χ1n) is 11.8. The number of piperidine rings is 1. The van der Waals surface area contributed by atoms with Crippen molar-refractivity contribution in [3.05, 3.63) is 52.5 Å². The molecule has 184 valence electrons. The Labute approximate surface area is 201 Å². The van der Waals surface area contributed by atoms with Gasteiger partial charge in [0.25, 0.3) is 5.91 Å². The lowest BCUT2D eigenvalue weighted by Gasteiger charge is -2.40. The fourth-order valence-corrected chi connectivity index (χ4v) is 7.03. The first-order chi connectivity index (χ1) is 16.1. The van der Waals surface area contributed by atoms with E-state index in [2.05, 4.69) is 0 Å². The Hall–Kier alpha value is -2.65. The largest absolute Gasteiger partial charge is 0.459 e. The molecule has 8 nitrogen and oxygen atoms in total. The molecule has 2 aliphatic rings. The summed E-state index contributed by atoms with van der Waals surface area (Å²) in [6, 6.07) is 4.74. The lowest BCUT2D eigenvalue weighted by Crippen LogP contribution is -2.57. The molecule has 2 amide bonds. The second kappa shape index (κ2) is 9.54. The van der Waals surface area contributed by atoms with Crippen LogP contribution in [0.4, 0.5) is 0 Å². The van der Waals surface area contributed by atoms with E-state index in [0.717, 1.165) is 35.1 Å². The summed E-state index contributed by atoms with van der Waals surface area (Å²) in [4.78, 5) is 30.0. The van der Waals surface area contributed by atoms with E-state index in [1.165, 1.54) is 10.6 Å². The van der Waals surface area contributed by atoms with Crippen molar-refractivity contribution in [3.8, 4) is 0 Å². The van der Waals surface area contributed by atoms with Crippen LogP contribution in [0.15, 0.2) is 33.8 Å². The Balaban J connectivity index is 1.48. The molecular formula is C25H33N3O5S. The molecule has 0 aliphatic carbocycles. The standard InChI is InChI=1S/C25H33N3O5S/c1-17-16-18(2)20(4)23(19(17)3)34(31,32)27-13-11-26(12-14-27)24(29)21-8-5-6-10-28(21)25(30)22-9-7-15-33-22/h7,9,15-16,21H,5-6,8,10-14H2,1-4H3. The van der Waals surface area contributed by atoms with Crippen molar-refractivity contribution < 1.29 is 22.4 Å². The number of hydrogen-bond donors (Lipinski definition) is 0. The third-order valence-corrected chi connectivity index (χ3v) is 9.40. The number of hydrogen-bond acceptors (Lipinski definition) is 5. The Morgan fingerprint density at radius 2 is 1.59 bits per heavy atom. The van der Waals surface area contributed by atoms with Gasteiger partial charge in [-0.15, -0.1) is 0 Å². The molecule has 2 fully saturated rings. The molecule has 0 radical (unpaired) electrons. The second-order valence-electron chi connectivity index (χ2n) is 9.31. The Morgan fingerprint density at radius 3 is 2.18 bits per heavy atom. The summed E-state index contributed by atoms with van der Waals surface area (Å²) < 4.78 is 33.8. The molecule has 4 rings (SSSR count). The molecular weight excluding hydrogens is 454 g/mol. The Kier molecular flexibility index (Phi) is 6.87. The normalized spacial score (nSPS) is 19.9. The fraction of sp³-hybridized carbons (Fsp3) is 0.520. The number of furan rings is 1. The van der Waals surface area contributed by atoms with E-state index in [1.807, 2.05) is 33.8 Å². The average molecular weight is 488 g/mol. The van der Waals surface area contributed by atoms with Crippen LogP contribution in [-0.2, 0) is 14.8 Å². The highest BCUT2D eigenvalue weighted by molar-refractivity contribution is 7.89. The van der Waals surface area contributed by atoms with E-state index < -0.39 is 16.1 Å². The third kappa shape index (κ3) is 4.38. The number of sulfonamides is 1. The number of benzene rings is 1. The summed E-state index contributed by atoms with van der Waals surface area (Å²) in [6.45, 7) is 9.15. The maximum absolute atomic E-state index is 13.5. The van der Waals surface area contributed by atoms with Gasteiger partial charge in [0.2, 0.25) is 15.9 Å². The zero-order chi connectivity index (χ0) is 24.6. The van der Waals surface area contributed by atoms with Gasteiger partial charge in [-0.3, -0.25) is 9.59 Å². The van der Waals surface area contributed by atoms with Gasteiger partial charge in [0, 0.05) is 32.7 Å². The predicted molar refractivity (Wildman–Crippen MR) is 128 cm³/mol. The molecule has 0 bridgehead atoms. The Bertz CT molecular complexity index is 1160. The molecule has 1 aromatic carbocycles. The van der Waals surface area contributed by atoms with Crippen molar-refractivity contribution in [3.63, 3.8) is 0 Å². The molecule has 0 N–H and O–H groups in total. The highest BCUT2D eigenvalue weighted by Crippen LogP contribution is 2.30.